The zero-order chi connectivity index (χ0) is 9.84. The molecular formula is C11H16O2. The van der Waals surface area contributed by atoms with Crippen LogP contribution in [0, 0.1) is 0 Å². The van der Waals surface area contributed by atoms with Crippen LogP contribution in [-0.2, 0) is 9.53 Å². The highest BCUT2D eigenvalue weighted by atomic mass is 16.5. The van der Waals surface area contributed by atoms with E-state index < -0.39 is 0 Å². The van der Waals surface area contributed by atoms with Crippen molar-refractivity contribution in [2.75, 3.05) is 6.61 Å². The van der Waals surface area contributed by atoms with Crippen molar-refractivity contribution in [2.24, 2.45) is 0 Å². The molecule has 0 saturated heterocycles. The summed E-state index contributed by atoms with van der Waals surface area (Å²) in [4.78, 5) is 11.3. The Kier molecular flexibility index (Phi) is 3.29. The van der Waals surface area contributed by atoms with E-state index in [4.69, 9.17) is 4.74 Å². The molecule has 1 aliphatic rings. The third kappa shape index (κ3) is 2.72. The molecule has 1 rings (SSSR count). The van der Waals surface area contributed by atoms with Crippen LogP contribution in [0.15, 0.2) is 23.0 Å². The highest BCUT2D eigenvalue weighted by Crippen LogP contribution is 2.22. The van der Waals surface area contributed by atoms with Crippen LogP contribution in [0.3, 0.4) is 0 Å². The molecule has 13 heavy (non-hydrogen) atoms. The fourth-order valence-electron chi connectivity index (χ4n) is 1.26. The third-order valence-electron chi connectivity index (χ3n) is 2.09. The summed E-state index contributed by atoms with van der Waals surface area (Å²) in [5, 5.41) is 0. The van der Waals surface area contributed by atoms with Crippen molar-refractivity contribution < 1.29 is 9.53 Å². The summed E-state index contributed by atoms with van der Waals surface area (Å²) < 4.78 is 5.39. The quantitative estimate of drug-likeness (QED) is 0.624. The summed E-state index contributed by atoms with van der Waals surface area (Å²) in [5.41, 5.74) is 2.30. The molecule has 0 radical (unpaired) electrons. The van der Waals surface area contributed by atoms with Crippen LogP contribution in [-0.4, -0.2) is 12.4 Å². The summed E-state index contributed by atoms with van der Waals surface area (Å²) in [5.74, 6) is 0.747. The topological polar surface area (TPSA) is 26.3 Å². The van der Waals surface area contributed by atoms with Crippen molar-refractivity contribution in [1.82, 2.24) is 0 Å². The van der Waals surface area contributed by atoms with Crippen LogP contribution in [0.25, 0.3) is 0 Å². The molecule has 2 nitrogen and oxygen atoms in total. The van der Waals surface area contributed by atoms with Crippen LogP contribution in [0.2, 0.25) is 0 Å². The average molecular weight is 180 g/mol. The molecule has 0 saturated carbocycles. The van der Waals surface area contributed by atoms with Crippen molar-refractivity contribution in [3.05, 3.63) is 23.0 Å². The monoisotopic (exact) mass is 180 g/mol. The van der Waals surface area contributed by atoms with Gasteiger partial charge in [-0.25, -0.2) is 0 Å². The Morgan fingerprint density at radius 3 is 2.62 bits per heavy atom. The number of hydrogen-bond acceptors (Lipinski definition) is 2. The van der Waals surface area contributed by atoms with Gasteiger partial charge in [0.1, 0.15) is 6.61 Å². The van der Waals surface area contributed by atoms with E-state index in [0.29, 0.717) is 18.8 Å². The number of hydrogen-bond donors (Lipinski definition) is 0. The number of ketones is 1. The fraction of sp³-hybridized carbons (Fsp3) is 0.545. The largest absolute Gasteiger partial charge is 0.486 e. The number of rotatable bonds is 3. The molecule has 72 valence electrons. The molecule has 0 aliphatic heterocycles. The Bertz CT molecular complexity index is 268. The number of carbonyl (C=O) groups is 1. The second kappa shape index (κ2) is 4.26. The van der Waals surface area contributed by atoms with Crippen LogP contribution in [0.1, 0.15) is 33.6 Å². The molecule has 0 aromatic heterocycles. The molecule has 0 amide bonds. The minimum atomic E-state index is 0.152. The van der Waals surface area contributed by atoms with Crippen LogP contribution in [0.4, 0.5) is 0 Å². The lowest BCUT2D eigenvalue weighted by Gasteiger charge is -2.04. The molecule has 0 aromatic carbocycles. The molecule has 0 heterocycles. The normalized spacial score (nSPS) is 16.4. The van der Waals surface area contributed by atoms with Crippen molar-refractivity contribution in [2.45, 2.75) is 33.6 Å². The van der Waals surface area contributed by atoms with Crippen LogP contribution >= 0.6 is 0 Å². The molecule has 2 heteroatoms. The van der Waals surface area contributed by atoms with E-state index in [1.807, 2.05) is 26.8 Å². The highest BCUT2D eigenvalue weighted by molar-refractivity contribution is 5.96. The van der Waals surface area contributed by atoms with Crippen LogP contribution in [0.5, 0.6) is 0 Å². The minimum absolute atomic E-state index is 0.152. The van der Waals surface area contributed by atoms with Crippen molar-refractivity contribution in [3.8, 4) is 0 Å². The summed E-state index contributed by atoms with van der Waals surface area (Å²) in [6.07, 6.45) is 3.46. The standard InChI is InChI=1S/C11H16O2/c1-8(2)6-7-13-11-9(3)4-5-10(11)12/h6H,4-5,7H2,1-3H3. The van der Waals surface area contributed by atoms with Gasteiger partial charge >= 0.3 is 0 Å². The molecular weight excluding hydrogens is 164 g/mol. The Balaban J connectivity index is 2.49. The highest BCUT2D eigenvalue weighted by Gasteiger charge is 2.20. The SMILES string of the molecule is CC(C)=CCOC1=C(C)CCC1=O. The van der Waals surface area contributed by atoms with E-state index in [-0.39, 0.29) is 5.78 Å². The number of Topliss-reactive ketones (excluding diaryl/α,β-unsaturated/α-hetero) is 1. The van der Waals surface area contributed by atoms with E-state index in [2.05, 4.69) is 0 Å². The van der Waals surface area contributed by atoms with Crippen molar-refractivity contribution >= 4 is 5.78 Å². The van der Waals surface area contributed by atoms with E-state index in [1.54, 1.807) is 0 Å². The number of carbonyl (C=O) groups excluding carboxylic acids is 1. The molecule has 0 atom stereocenters. The van der Waals surface area contributed by atoms with Gasteiger partial charge in [0.15, 0.2) is 11.5 Å². The molecule has 0 aromatic rings. The van der Waals surface area contributed by atoms with Gasteiger partial charge < -0.3 is 4.74 Å². The predicted molar refractivity (Wildman–Crippen MR) is 52.3 cm³/mol. The predicted octanol–water partition coefficient (Wildman–Crippen LogP) is 2.61. The second-order valence-corrected chi connectivity index (χ2v) is 3.63. The summed E-state index contributed by atoms with van der Waals surface area (Å²) in [7, 11) is 0. The molecule has 0 unspecified atom stereocenters. The van der Waals surface area contributed by atoms with E-state index in [1.165, 1.54) is 5.57 Å². The first-order valence-electron chi connectivity index (χ1n) is 4.60. The molecule has 0 bridgehead atoms. The summed E-state index contributed by atoms with van der Waals surface area (Å²) in [6.45, 7) is 6.51. The first-order chi connectivity index (χ1) is 6.11. The van der Waals surface area contributed by atoms with Crippen molar-refractivity contribution in [3.63, 3.8) is 0 Å². The zero-order valence-corrected chi connectivity index (χ0v) is 8.52. The van der Waals surface area contributed by atoms with Gasteiger partial charge in [-0.15, -0.1) is 0 Å². The molecule has 1 aliphatic carbocycles. The van der Waals surface area contributed by atoms with Gasteiger partial charge in [-0.2, -0.15) is 0 Å². The summed E-state index contributed by atoms with van der Waals surface area (Å²) >= 11 is 0. The van der Waals surface area contributed by atoms with Gasteiger partial charge in [0.2, 0.25) is 0 Å². The first kappa shape index (κ1) is 10.0. The molecule has 0 N–H and O–H groups in total. The van der Waals surface area contributed by atoms with Gasteiger partial charge in [0.25, 0.3) is 0 Å². The smallest absolute Gasteiger partial charge is 0.197 e. The maximum Gasteiger partial charge on any atom is 0.197 e. The van der Waals surface area contributed by atoms with E-state index >= 15 is 0 Å². The van der Waals surface area contributed by atoms with Gasteiger partial charge in [-0.3, -0.25) is 4.79 Å². The molecule has 0 fully saturated rings. The lowest BCUT2D eigenvalue weighted by atomic mass is 10.3. The lowest BCUT2D eigenvalue weighted by Crippen LogP contribution is -2.01. The van der Waals surface area contributed by atoms with Gasteiger partial charge in [-0.05, 0) is 38.8 Å². The molecule has 0 spiro atoms. The maximum absolute atomic E-state index is 11.3. The lowest BCUT2D eigenvalue weighted by molar-refractivity contribution is -0.117. The minimum Gasteiger partial charge on any atom is -0.486 e. The van der Waals surface area contributed by atoms with E-state index in [0.717, 1.165) is 12.0 Å². The van der Waals surface area contributed by atoms with Gasteiger partial charge in [0.05, 0.1) is 0 Å². The Hall–Kier alpha value is -1.05. The fourth-order valence-corrected chi connectivity index (χ4v) is 1.26. The van der Waals surface area contributed by atoms with Crippen LogP contribution < -0.4 is 0 Å². The Labute approximate surface area is 79.3 Å². The third-order valence-corrected chi connectivity index (χ3v) is 2.09. The van der Waals surface area contributed by atoms with E-state index in [9.17, 15) is 4.79 Å². The zero-order valence-electron chi connectivity index (χ0n) is 8.52. The maximum atomic E-state index is 11.3. The van der Waals surface area contributed by atoms with Gasteiger partial charge in [-0.1, -0.05) is 5.57 Å². The average Bonchev–Trinajstić information content (AvgIpc) is 2.34. The second-order valence-electron chi connectivity index (χ2n) is 3.63. The number of allylic oxidation sites excluding steroid dienone is 3. The van der Waals surface area contributed by atoms with Gasteiger partial charge in [0, 0.05) is 6.42 Å². The Morgan fingerprint density at radius 1 is 1.46 bits per heavy atom. The summed E-state index contributed by atoms with van der Waals surface area (Å²) in [6, 6.07) is 0. The first-order valence-corrected chi connectivity index (χ1v) is 4.60. The van der Waals surface area contributed by atoms with Crippen molar-refractivity contribution in [1.29, 1.82) is 0 Å². The number of ether oxygens (including phenoxy) is 1. The Morgan fingerprint density at radius 2 is 2.15 bits per heavy atom.